The number of aliphatic carboxylic acids is 1. The molecule has 1 unspecified atom stereocenters. The fraction of sp³-hybridized carbons (Fsp3) is 0.750. The molecule has 0 aromatic rings. The maximum atomic E-state index is 10.2. The van der Waals surface area contributed by atoms with Crippen LogP contribution in [0.1, 0.15) is 13.3 Å². The standard InChI is InChI=1S/C4H9NO5S/c1-2-3(4(6)7)5-11(8,9)10/h3,5H,2H2,1H3,(H,6,7)(H,8,9,10). The van der Waals surface area contributed by atoms with Crippen LogP contribution in [0, 0.1) is 0 Å². The van der Waals surface area contributed by atoms with Gasteiger partial charge in [-0.2, -0.15) is 13.1 Å². The average Bonchev–Trinajstić information content (AvgIpc) is 1.80. The lowest BCUT2D eigenvalue weighted by molar-refractivity contribution is -0.139. The number of hydrogen-bond donors (Lipinski definition) is 3. The third kappa shape index (κ3) is 4.71. The summed E-state index contributed by atoms with van der Waals surface area (Å²) in [4.78, 5) is 10.2. The second kappa shape index (κ2) is 3.65. The van der Waals surface area contributed by atoms with Crippen molar-refractivity contribution in [2.75, 3.05) is 0 Å². The van der Waals surface area contributed by atoms with E-state index in [-0.39, 0.29) is 6.42 Å². The molecule has 0 aromatic heterocycles. The summed E-state index contributed by atoms with van der Waals surface area (Å²) in [6.07, 6.45) is 0.0785. The van der Waals surface area contributed by atoms with Crippen LogP contribution in [0.3, 0.4) is 0 Å². The van der Waals surface area contributed by atoms with E-state index in [0.29, 0.717) is 0 Å². The molecule has 0 saturated heterocycles. The van der Waals surface area contributed by atoms with Crippen LogP contribution in [0.4, 0.5) is 0 Å². The zero-order valence-electron chi connectivity index (χ0n) is 5.81. The lowest BCUT2D eigenvalue weighted by Gasteiger charge is -2.07. The highest BCUT2D eigenvalue weighted by atomic mass is 32.2. The quantitative estimate of drug-likeness (QED) is 0.497. The SMILES string of the molecule is CCC(NS(=O)(=O)O)C(=O)O. The van der Waals surface area contributed by atoms with Crippen LogP contribution in [-0.4, -0.2) is 30.1 Å². The number of hydrogen-bond acceptors (Lipinski definition) is 3. The molecule has 11 heavy (non-hydrogen) atoms. The Hall–Kier alpha value is -0.660. The Bertz CT molecular complexity index is 233. The summed E-state index contributed by atoms with van der Waals surface area (Å²) in [6.45, 7) is 1.48. The number of nitrogens with one attached hydrogen (secondary N) is 1. The second-order valence-corrected chi connectivity index (χ2v) is 3.08. The van der Waals surface area contributed by atoms with Crippen molar-refractivity contribution in [2.45, 2.75) is 19.4 Å². The largest absolute Gasteiger partial charge is 0.480 e. The highest BCUT2D eigenvalue weighted by molar-refractivity contribution is 7.83. The summed E-state index contributed by atoms with van der Waals surface area (Å²) in [6, 6.07) is -1.26. The Morgan fingerprint density at radius 2 is 2.09 bits per heavy atom. The maximum Gasteiger partial charge on any atom is 0.334 e. The normalized spacial score (nSPS) is 14.4. The van der Waals surface area contributed by atoms with E-state index in [1.54, 1.807) is 0 Å². The van der Waals surface area contributed by atoms with Gasteiger partial charge < -0.3 is 5.11 Å². The first-order chi connectivity index (χ1) is 4.87. The lowest BCUT2D eigenvalue weighted by Crippen LogP contribution is -2.39. The predicted octanol–water partition coefficient (Wildman–Crippen LogP) is -0.758. The van der Waals surface area contributed by atoms with E-state index in [1.807, 2.05) is 0 Å². The van der Waals surface area contributed by atoms with Gasteiger partial charge in [0.25, 0.3) is 0 Å². The summed E-state index contributed by atoms with van der Waals surface area (Å²) in [5.74, 6) is -1.31. The zero-order chi connectivity index (χ0) is 9.07. The van der Waals surface area contributed by atoms with Crippen molar-refractivity contribution >= 4 is 16.3 Å². The minimum Gasteiger partial charge on any atom is -0.480 e. The molecule has 0 fully saturated rings. The Morgan fingerprint density at radius 1 is 1.64 bits per heavy atom. The molecule has 0 amide bonds. The van der Waals surface area contributed by atoms with Gasteiger partial charge in [-0.3, -0.25) is 9.35 Å². The molecule has 0 aliphatic rings. The molecule has 0 rings (SSSR count). The minimum absolute atomic E-state index is 0.0785. The summed E-state index contributed by atoms with van der Waals surface area (Å²) in [5, 5.41) is 8.30. The van der Waals surface area contributed by atoms with Gasteiger partial charge in [0.1, 0.15) is 6.04 Å². The molecule has 0 bridgehead atoms. The van der Waals surface area contributed by atoms with Crippen molar-refractivity contribution in [3.63, 3.8) is 0 Å². The topological polar surface area (TPSA) is 104 Å². The van der Waals surface area contributed by atoms with E-state index < -0.39 is 22.3 Å². The first-order valence-corrected chi connectivity index (χ1v) is 4.28. The van der Waals surface area contributed by atoms with E-state index in [9.17, 15) is 13.2 Å². The first-order valence-electron chi connectivity index (χ1n) is 2.84. The fourth-order valence-electron chi connectivity index (χ4n) is 0.488. The molecule has 7 heteroatoms. The average molecular weight is 183 g/mol. The maximum absolute atomic E-state index is 10.2. The van der Waals surface area contributed by atoms with Gasteiger partial charge >= 0.3 is 16.3 Å². The van der Waals surface area contributed by atoms with Gasteiger partial charge in [-0.15, -0.1) is 0 Å². The zero-order valence-corrected chi connectivity index (χ0v) is 6.63. The molecule has 3 N–H and O–H groups in total. The molecule has 0 heterocycles. The van der Waals surface area contributed by atoms with Gasteiger partial charge in [0.15, 0.2) is 0 Å². The lowest BCUT2D eigenvalue weighted by atomic mass is 10.2. The van der Waals surface area contributed by atoms with Crippen molar-refractivity contribution in [3.05, 3.63) is 0 Å². The highest BCUT2D eigenvalue weighted by Gasteiger charge is 2.19. The molecule has 0 aliphatic heterocycles. The Labute approximate surface area is 64.1 Å². The van der Waals surface area contributed by atoms with Crippen molar-refractivity contribution in [1.82, 2.24) is 4.72 Å². The van der Waals surface area contributed by atoms with Crippen LogP contribution in [0.2, 0.25) is 0 Å². The number of carboxylic acid groups (broad SMARTS) is 1. The van der Waals surface area contributed by atoms with Gasteiger partial charge in [0.05, 0.1) is 0 Å². The molecule has 66 valence electrons. The van der Waals surface area contributed by atoms with Crippen molar-refractivity contribution < 1.29 is 22.9 Å². The molecule has 0 aromatic carbocycles. The van der Waals surface area contributed by atoms with Crippen LogP contribution < -0.4 is 4.72 Å². The molecular formula is C4H9NO5S. The fourth-order valence-corrected chi connectivity index (χ4v) is 1.12. The molecule has 0 radical (unpaired) electrons. The van der Waals surface area contributed by atoms with E-state index in [2.05, 4.69) is 0 Å². The Balaban J connectivity index is 4.22. The first kappa shape index (κ1) is 10.3. The summed E-state index contributed by atoms with van der Waals surface area (Å²) in [7, 11) is -4.41. The third-order valence-electron chi connectivity index (χ3n) is 0.998. The van der Waals surface area contributed by atoms with Gasteiger partial charge in [0, 0.05) is 0 Å². The van der Waals surface area contributed by atoms with Gasteiger partial charge in [-0.05, 0) is 6.42 Å². The summed E-state index contributed by atoms with van der Waals surface area (Å²) < 4.78 is 29.9. The van der Waals surface area contributed by atoms with Crippen molar-refractivity contribution in [2.24, 2.45) is 0 Å². The van der Waals surface area contributed by atoms with E-state index >= 15 is 0 Å². The van der Waals surface area contributed by atoms with Gasteiger partial charge in [0.2, 0.25) is 0 Å². The number of carbonyl (C=O) groups is 1. The molecule has 6 nitrogen and oxygen atoms in total. The molecule has 0 aliphatic carbocycles. The van der Waals surface area contributed by atoms with Gasteiger partial charge in [-0.25, -0.2) is 0 Å². The predicted molar refractivity (Wildman–Crippen MR) is 36.4 cm³/mol. The van der Waals surface area contributed by atoms with Crippen molar-refractivity contribution in [1.29, 1.82) is 0 Å². The van der Waals surface area contributed by atoms with Crippen LogP contribution in [0.15, 0.2) is 0 Å². The van der Waals surface area contributed by atoms with Crippen LogP contribution in [-0.2, 0) is 15.1 Å². The Morgan fingerprint density at radius 3 is 2.18 bits per heavy atom. The smallest absolute Gasteiger partial charge is 0.334 e. The second-order valence-electron chi connectivity index (χ2n) is 1.89. The monoisotopic (exact) mass is 183 g/mol. The van der Waals surface area contributed by atoms with Crippen molar-refractivity contribution in [3.8, 4) is 0 Å². The van der Waals surface area contributed by atoms with Gasteiger partial charge in [-0.1, -0.05) is 6.92 Å². The molecule has 1 atom stereocenters. The number of rotatable bonds is 4. The minimum atomic E-state index is -4.41. The number of carboxylic acids is 1. The third-order valence-corrected chi connectivity index (χ3v) is 1.58. The summed E-state index contributed by atoms with van der Waals surface area (Å²) >= 11 is 0. The molecule has 0 saturated carbocycles. The van der Waals surface area contributed by atoms with E-state index in [1.165, 1.54) is 11.6 Å². The molecular weight excluding hydrogens is 174 g/mol. The summed E-state index contributed by atoms with van der Waals surface area (Å²) in [5.41, 5.74) is 0. The Kier molecular flexibility index (Phi) is 3.43. The van der Waals surface area contributed by atoms with E-state index in [4.69, 9.17) is 9.66 Å². The molecule has 0 spiro atoms. The highest BCUT2D eigenvalue weighted by Crippen LogP contribution is 1.92. The van der Waals surface area contributed by atoms with Crippen LogP contribution >= 0.6 is 0 Å². The van der Waals surface area contributed by atoms with Crippen LogP contribution in [0.25, 0.3) is 0 Å². The van der Waals surface area contributed by atoms with Crippen LogP contribution in [0.5, 0.6) is 0 Å². The van der Waals surface area contributed by atoms with E-state index in [0.717, 1.165) is 0 Å².